The van der Waals surface area contributed by atoms with E-state index in [2.05, 4.69) is 22.2 Å². The van der Waals surface area contributed by atoms with E-state index in [1.54, 1.807) is 12.1 Å². The summed E-state index contributed by atoms with van der Waals surface area (Å²) in [4.78, 5) is 11.0. The third-order valence-electron chi connectivity index (χ3n) is 3.15. The van der Waals surface area contributed by atoms with E-state index in [1.807, 2.05) is 24.9 Å². The van der Waals surface area contributed by atoms with Crippen LogP contribution in [-0.2, 0) is 6.42 Å². The molecule has 0 bridgehead atoms. The molecule has 21 heavy (non-hydrogen) atoms. The molecule has 1 N–H and O–H groups in total. The highest BCUT2D eigenvalue weighted by Gasteiger charge is 2.10. The average Bonchev–Trinajstić information content (AvgIpc) is 2.48. The lowest BCUT2D eigenvalue weighted by Gasteiger charge is -2.20. The van der Waals surface area contributed by atoms with E-state index in [-0.39, 0.29) is 5.82 Å². The maximum Gasteiger partial charge on any atom is 0.138 e. The first-order valence-corrected chi connectivity index (χ1v) is 7.25. The smallest absolute Gasteiger partial charge is 0.138 e. The number of nitrogens with one attached hydrogen (secondary N) is 1. The van der Waals surface area contributed by atoms with E-state index in [9.17, 15) is 4.39 Å². The molecule has 0 aliphatic carbocycles. The standard InChI is InChI=1S/C16H21FN4/c1-4-6-14-19-15(18-5-2)11-16(20-14)21(3)13-9-7-12(17)8-10-13/h7-11H,4-6H2,1-3H3,(H,18,19,20). The minimum atomic E-state index is -0.241. The lowest BCUT2D eigenvalue weighted by Crippen LogP contribution is -2.14. The van der Waals surface area contributed by atoms with E-state index in [1.165, 1.54) is 12.1 Å². The average molecular weight is 288 g/mol. The van der Waals surface area contributed by atoms with Crippen molar-refractivity contribution in [2.45, 2.75) is 26.7 Å². The summed E-state index contributed by atoms with van der Waals surface area (Å²) < 4.78 is 13.0. The number of nitrogens with zero attached hydrogens (tertiary/aromatic N) is 3. The maximum absolute atomic E-state index is 13.0. The van der Waals surface area contributed by atoms with Gasteiger partial charge in [-0.25, -0.2) is 14.4 Å². The van der Waals surface area contributed by atoms with Crippen molar-refractivity contribution in [2.75, 3.05) is 23.8 Å². The highest BCUT2D eigenvalue weighted by atomic mass is 19.1. The number of aromatic nitrogens is 2. The van der Waals surface area contributed by atoms with Crippen molar-refractivity contribution in [3.63, 3.8) is 0 Å². The lowest BCUT2D eigenvalue weighted by molar-refractivity contribution is 0.628. The molecule has 0 atom stereocenters. The zero-order chi connectivity index (χ0) is 15.2. The molecule has 2 rings (SSSR count). The number of hydrogen-bond donors (Lipinski definition) is 1. The van der Waals surface area contributed by atoms with Gasteiger partial charge in [0.2, 0.25) is 0 Å². The van der Waals surface area contributed by atoms with Crippen LogP contribution in [0.5, 0.6) is 0 Å². The third-order valence-corrected chi connectivity index (χ3v) is 3.15. The van der Waals surface area contributed by atoms with E-state index >= 15 is 0 Å². The van der Waals surface area contributed by atoms with Gasteiger partial charge in [0.1, 0.15) is 23.3 Å². The summed E-state index contributed by atoms with van der Waals surface area (Å²) in [6, 6.07) is 8.29. The van der Waals surface area contributed by atoms with Crippen LogP contribution in [0.15, 0.2) is 30.3 Å². The Morgan fingerprint density at radius 3 is 2.48 bits per heavy atom. The SMILES string of the molecule is CCCc1nc(NCC)cc(N(C)c2ccc(F)cc2)n1. The quantitative estimate of drug-likeness (QED) is 0.878. The molecule has 0 spiro atoms. The first-order chi connectivity index (χ1) is 10.1. The van der Waals surface area contributed by atoms with Crippen LogP contribution >= 0.6 is 0 Å². The van der Waals surface area contributed by atoms with Crippen LogP contribution in [0.25, 0.3) is 0 Å². The van der Waals surface area contributed by atoms with Gasteiger partial charge in [-0.05, 0) is 37.6 Å². The van der Waals surface area contributed by atoms with Gasteiger partial charge in [-0.1, -0.05) is 6.92 Å². The normalized spacial score (nSPS) is 10.5. The van der Waals surface area contributed by atoms with Crippen molar-refractivity contribution in [1.29, 1.82) is 0 Å². The molecule has 0 unspecified atom stereocenters. The Labute approximate surface area is 125 Å². The molecule has 0 saturated heterocycles. The minimum absolute atomic E-state index is 0.241. The molecule has 0 saturated carbocycles. The van der Waals surface area contributed by atoms with Gasteiger partial charge in [-0.2, -0.15) is 0 Å². The molecule has 1 heterocycles. The highest BCUT2D eigenvalue weighted by molar-refractivity contribution is 5.61. The number of hydrogen-bond acceptors (Lipinski definition) is 4. The molecule has 2 aromatic rings. The van der Waals surface area contributed by atoms with Crippen LogP contribution in [0.3, 0.4) is 0 Å². The molecule has 112 valence electrons. The van der Waals surface area contributed by atoms with Gasteiger partial charge in [0.25, 0.3) is 0 Å². The Morgan fingerprint density at radius 2 is 1.86 bits per heavy atom. The molecule has 0 amide bonds. The Balaban J connectivity index is 2.34. The van der Waals surface area contributed by atoms with Crippen LogP contribution < -0.4 is 10.2 Å². The second-order valence-corrected chi connectivity index (χ2v) is 4.84. The van der Waals surface area contributed by atoms with Crippen LogP contribution in [0, 0.1) is 5.82 Å². The van der Waals surface area contributed by atoms with Crippen molar-refractivity contribution in [3.05, 3.63) is 42.0 Å². The molecule has 0 aliphatic rings. The Bertz CT molecular complexity index is 559. The summed E-state index contributed by atoms with van der Waals surface area (Å²) in [5.41, 5.74) is 0.889. The third kappa shape index (κ3) is 3.90. The van der Waals surface area contributed by atoms with Gasteiger partial charge in [-0.15, -0.1) is 0 Å². The van der Waals surface area contributed by atoms with E-state index in [0.29, 0.717) is 0 Å². The highest BCUT2D eigenvalue weighted by Crippen LogP contribution is 2.24. The fourth-order valence-electron chi connectivity index (χ4n) is 2.06. The molecule has 1 aromatic heterocycles. The Kier molecular flexibility index (Phi) is 5.09. The number of anilines is 3. The van der Waals surface area contributed by atoms with Crippen LogP contribution in [0.4, 0.5) is 21.7 Å². The van der Waals surface area contributed by atoms with E-state index < -0.39 is 0 Å². The second-order valence-electron chi connectivity index (χ2n) is 4.84. The summed E-state index contributed by atoms with van der Waals surface area (Å²) >= 11 is 0. The molecule has 0 fully saturated rings. The summed E-state index contributed by atoms with van der Waals surface area (Å²) in [6.07, 6.45) is 1.83. The van der Waals surface area contributed by atoms with Crippen molar-refractivity contribution in [3.8, 4) is 0 Å². The van der Waals surface area contributed by atoms with Crippen molar-refractivity contribution in [1.82, 2.24) is 9.97 Å². The predicted molar refractivity (Wildman–Crippen MR) is 84.7 cm³/mol. The topological polar surface area (TPSA) is 41.1 Å². The molecule has 0 radical (unpaired) electrons. The van der Waals surface area contributed by atoms with Crippen LogP contribution in [0.2, 0.25) is 0 Å². The van der Waals surface area contributed by atoms with Gasteiger partial charge < -0.3 is 10.2 Å². The van der Waals surface area contributed by atoms with Gasteiger partial charge in [0, 0.05) is 31.8 Å². The number of aryl methyl sites for hydroxylation is 1. The maximum atomic E-state index is 13.0. The molecular weight excluding hydrogens is 267 g/mol. The lowest BCUT2D eigenvalue weighted by atomic mass is 10.2. The van der Waals surface area contributed by atoms with Gasteiger partial charge in [-0.3, -0.25) is 0 Å². The van der Waals surface area contributed by atoms with Gasteiger partial charge in [0.15, 0.2) is 0 Å². The summed E-state index contributed by atoms with van der Waals surface area (Å²) in [5, 5.41) is 3.22. The fourth-order valence-corrected chi connectivity index (χ4v) is 2.06. The minimum Gasteiger partial charge on any atom is -0.370 e. The van der Waals surface area contributed by atoms with E-state index in [4.69, 9.17) is 0 Å². The van der Waals surface area contributed by atoms with Gasteiger partial charge in [0.05, 0.1) is 0 Å². The number of halogens is 1. The second kappa shape index (κ2) is 7.02. The molecule has 0 aliphatic heterocycles. The largest absolute Gasteiger partial charge is 0.370 e. The Morgan fingerprint density at radius 1 is 1.14 bits per heavy atom. The van der Waals surface area contributed by atoms with Crippen LogP contribution in [-0.4, -0.2) is 23.6 Å². The summed E-state index contributed by atoms with van der Waals surface area (Å²) in [5.74, 6) is 2.20. The van der Waals surface area contributed by atoms with Crippen molar-refractivity contribution in [2.24, 2.45) is 0 Å². The molecule has 1 aromatic carbocycles. The fraction of sp³-hybridized carbons (Fsp3) is 0.375. The van der Waals surface area contributed by atoms with Crippen molar-refractivity contribution >= 4 is 17.3 Å². The molecular formula is C16H21FN4. The first kappa shape index (κ1) is 15.2. The van der Waals surface area contributed by atoms with Gasteiger partial charge >= 0.3 is 0 Å². The monoisotopic (exact) mass is 288 g/mol. The zero-order valence-electron chi connectivity index (χ0n) is 12.7. The number of benzene rings is 1. The summed E-state index contributed by atoms with van der Waals surface area (Å²) in [7, 11) is 1.92. The zero-order valence-corrected chi connectivity index (χ0v) is 12.7. The predicted octanol–water partition coefficient (Wildman–Crippen LogP) is 3.77. The molecule has 5 heteroatoms. The summed E-state index contributed by atoms with van der Waals surface area (Å²) in [6.45, 7) is 4.94. The van der Waals surface area contributed by atoms with E-state index in [0.717, 1.165) is 42.5 Å². The van der Waals surface area contributed by atoms with Crippen LogP contribution in [0.1, 0.15) is 26.1 Å². The number of rotatable bonds is 6. The first-order valence-electron chi connectivity index (χ1n) is 7.25. The van der Waals surface area contributed by atoms with Crippen molar-refractivity contribution < 1.29 is 4.39 Å². The Hall–Kier alpha value is -2.17. The molecule has 4 nitrogen and oxygen atoms in total.